The molecule has 0 aliphatic carbocycles. The van der Waals surface area contributed by atoms with Crippen molar-refractivity contribution in [3.8, 4) is 0 Å². The van der Waals surface area contributed by atoms with E-state index in [0.717, 1.165) is 5.56 Å². The summed E-state index contributed by atoms with van der Waals surface area (Å²) in [7, 11) is 1.52. The van der Waals surface area contributed by atoms with Crippen molar-refractivity contribution in [2.45, 2.75) is 30.7 Å². The third kappa shape index (κ3) is 2.78. The van der Waals surface area contributed by atoms with Gasteiger partial charge in [0.1, 0.15) is 17.5 Å². The zero-order chi connectivity index (χ0) is 21.7. The number of amides is 3. The molecule has 2 N–H and O–H groups in total. The van der Waals surface area contributed by atoms with Crippen LogP contribution in [0, 0.1) is 17.7 Å². The monoisotopic (exact) mass is 413 g/mol. The number of nitrogens with zero attached hydrogens (tertiary/aromatic N) is 1. The number of rotatable bonds is 6. The van der Waals surface area contributed by atoms with Gasteiger partial charge in [0.2, 0.25) is 17.7 Å². The molecule has 3 amide bonds. The lowest BCUT2D eigenvalue weighted by molar-refractivity contribution is -0.144. The smallest absolute Gasteiger partial charge is 0.246 e. The van der Waals surface area contributed by atoms with Crippen LogP contribution in [0.2, 0.25) is 0 Å². The van der Waals surface area contributed by atoms with E-state index in [1.54, 1.807) is 37.3 Å². The van der Waals surface area contributed by atoms with E-state index in [4.69, 9.17) is 4.74 Å². The molecule has 2 saturated heterocycles. The zero-order valence-electron chi connectivity index (χ0n) is 16.9. The van der Waals surface area contributed by atoms with Crippen molar-refractivity contribution in [1.82, 2.24) is 15.5 Å². The summed E-state index contributed by atoms with van der Waals surface area (Å²) in [5.41, 5.74) is -1.46. The van der Waals surface area contributed by atoms with Crippen molar-refractivity contribution in [3.05, 3.63) is 60.5 Å². The maximum atomic E-state index is 13.3. The standard InChI is InChI=1S/C22H24FN3O4/c1-4-11-26-17(19(28)25-12-13-5-7-14(23)8-6-13)22-10-9-21(2,30-22)15(18(27)24-3)16(22)20(26)29/h4-10,15-17H,1,11-12H2,2-3H3,(H,24,27)(H,25,28)/t15-,16-,17+,21+,22-/m0/s1. The van der Waals surface area contributed by atoms with Crippen molar-refractivity contribution in [2.75, 3.05) is 13.6 Å². The second kappa shape index (κ2) is 7.05. The molecule has 1 spiro atoms. The van der Waals surface area contributed by atoms with E-state index in [1.165, 1.54) is 24.1 Å². The minimum absolute atomic E-state index is 0.153. The van der Waals surface area contributed by atoms with Gasteiger partial charge in [0.05, 0.1) is 17.4 Å². The van der Waals surface area contributed by atoms with Crippen LogP contribution in [-0.4, -0.2) is 53.5 Å². The van der Waals surface area contributed by atoms with Crippen molar-refractivity contribution in [2.24, 2.45) is 11.8 Å². The van der Waals surface area contributed by atoms with Gasteiger partial charge in [0.25, 0.3) is 0 Å². The molecule has 0 radical (unpaired) electrons. The Balaban J connectivity index is 1.66. The number of carbonyl (C=O) groups is 3. The maximum absolute atomic E-state index is 13.3. The molecule has 5 atom stereocenters. The van der Waals surface area contributed by atoms with Gasteiger partial charge in [-0.25, -0.2) is 4.39 Å². The molecular weight excluding hydrogens is 389 g/mol. The summed E-state index contributed by atoms with van der Waals surface area (Å²) in [5, 5.41) is 5.44. The van der Waals surface area contributed by atoms with Crippen LogP contribution in [0.4, 0.5) is 4.39 Å². The normalized spacial score (nSPS) is 33.5. The molecule has 3 heterocycles. The summed E-state index contributed by atoms with van der Waals surface area (Å²) in [4.78, 5) is 40.6. The average Bonchev–Trinajstić information content (AvgIpc) is 3.28. The van der Waals surface area contributed by atoms with Crippen molar-refractivity contribution < 1.29 is 23.5 Å². The van der Waals surface area contributed by atoms with Gasteiger partial charge in [-0.3, -0.25) is 14.4 Å². The number of fused-ring (bicyclic) bond motifs is 1. The second-order valence-corrected chi connectivity index (χ2v) is 8.07. The molecule has 2 fully saturated rings. The van der Waals surface area contributed by atoms with E-state index in [0.29, 0.717) is 0 Å². The predicted octanol–water partition coefficient (Wildman–Crippen LogP) is 0.915. The summed E-state index contributed by atoms with van der Waals surface area (Å²) in [6.07, 6.45) is 5.07. The highest BCUT2D eigenvalue weighted by atomic mass is 19.1. The zero-order valence-corrected chi connectivity index (χ0v) is 16.9. The van der Waals surface area contributed by atoms with Crippen molar-refractivity contribution >= 4 is 17.7 Å². The van der Waals surface area contributed by atoms with E-state index < -0.39 is 35.0 Å². The molecule has 3 aliphatic rings. The molecular formula is C22H24FN3O4. The first-order valence-corrected chi connectivity index (χ1v) is 9.83. The number of hydrogen-bond acceptors (Lipinski definition) is 4. The van der Waals surface area contributed by atoms with Gasteiger partial charge in [-0.2, -0.15) is 0 Å². The molecule has 4 rings (SSSR count). The van der Waals surface area contributed by atoms with Crippen LogP contribution in [0.3, 0.4) is 0 Å². The summed E-state index contributed by atoms with van der Waals surface area (Å²) < 4.78 is 19.4. The molecule has 1 aromatic rings. The molecule has 8 heteroatoms. The van der Waals surface area contributed by atoms with E-state index in [-0.39, 0.29) is 30.7 Å². The highest BCUT2D eigenvalue weighted by Crippen LogP contribution is 2.59. The second-order valence-electron chi connectivity index (χ2n) is 8.07. The Morgan fingerprint density at radius 1 is 1.27 bits per heavy atom. The van der Waals surface area contributed by atoms with Crippen LogP contribution >= 0.6 is 0 Å². The third-order valence-corrected chi connectivity index (χ3v) is 6.28. The third-order valence-electron chi connectivity index (χ3n) is 6.28. The SMILES string of the molecule is C=CCN1C(=O)[C@@H]2[C@@H](C(=O)NC)[C@@]3(C)C=C[C@@]2(O3)[C@H]1C(=O)NCc1ccc(F)cc1. The Morgan fingerprint density at radius 3 is 2.60 bits per heavy atom. The maximum Gasteiger partial charge on any atom is 0.246 e. The van der Waals surface area contributed by atoms with Gasteiger partial charge >= 0.3 is 0 Å². The van der Waals surface area contributed by atoms with Crippen LogP contribution in [-0.2, 0) is 25.7 Å². The Morgan fingerprint density at radius 2 is 1.97 bits per heavy atom. The number of halogens is 1. The van der Waals surface area contributed by atoms with Crippen LogP contribution in [0.25, 0.3) is 0 Å². The lowest BCUT2D eigenvalue weighted by Gasteiger charge is -2.32. The molecule has 1 aromatic carbocycles. The summed E-state index contributed by atoms with van der Waals surface area (Å²) in [6.45, 7) is 5.78. The predicted molar refractivity (Wildman–Crippen MR) is 106 cm³/mol. The highest BCUT2D eigenvalue weighted by molar-refractivity contribution is 6.00. The van der Waals surface area contributed by atoms with Crippen LogP contribution < -0.4 is 10.6 Å². The van der Waals surface area contributed by atoms with Gasteiger partial charge in [-0.1, -0.05) is 30.4 Å². The average molecular weight is 413 g/mol. The number of ether oxygens (including phenoxy) is 1. The summed E-state index contributed by atoms with van der Waals surface area (Å²) in [6, 6.07) is 4.86. The van der Waals surface area contributed by atoms with Crippen LogP contribution in [0.1, 0.15) is 12.5 Å². The Labute approximate surface area is 173 Å². The number of nitrogens with one attached hydrogen (secondary N) is 2. The van der Waals surface area contributed by atoms with Gasteiger partial charge in [-0.05, 0) is 24.6 Å². The van der Waals surface area contributed by atoms with E-state index in [1.807, 2.05) is 0 Å². The van der Waals surface area contributed by atoms with Gasteiger partial charge in [0, 0.05) is 20.1 Å². The molecule has 0 aromatic heterocycles. The fourth-order valence-electron chi connectivity index (χ4n) is 5.01. The Kier molecular flexibility index (Phi) is 4.77. The molecule has 2 bridgehead atoms. The first kappa shape index (κ1) is 20.3. The fraction of sp³-hybridized carbons (Fsp3) is 0.409. The van der Waals surface area contributed by atoms with Gasteiger partial charge in [-0.15, -0.1) is 6.58 Å². The molecule has 0 unspecified atom stereocenters. The lowest BCUT2D eigenvalue weighted by atomic mass is 9.70. The summed E-state index contributed by atoms with van der Waals surface area (Å²) >= 11 is 0. The lowest BCUT2D eigenvalue weighted by Crippen LogP contribution is -2.54. The molecule has 30 heavy (non-hydrogen) atoms. The minimum atomic E-state index is -1.22. The number of likely N-dealkylation sites (tertiary alicyclic amines) is 1. The molecule has 3 aliphatic heterocycles. The van der Waals surface area contributed by atoms with Gasteiger partial charge < -0.3 is 20.3 Å². The van der Waals surface area contributed by atoms with E-state index in [9.17, 15) is 18.8 Å². The number of benzene rings is 1. The molecule has 0 saturated carbocycles. The fourth-order valence-corrected chi connectivity index (χ4v) is 5.01. The number of hydrogen-bond donors (Lipinski definition) is 2. The number of carbonyl (C=O) groups excluding carboxylic acids is 3. The minimum Gasteiger partial charge on any atom is -0.359 e. The first-order valence-electron chi connectivity index (χ1n) is 9.83. The van der Waals surface area contributed by atoms with E-state index in [2.05, 4.69) is 17.2 Å². The van der Waals surface area contributed by atoms with Crippen LogP contribution in [0.5, 0.6) is 0 Å². The first-order chi connectivity index (χ1) is 14.3. The van der Waals surface area contributed by atoms with Gasteiger partial charge in [0.15, 0.2) is 0 Å². The quantitative estimate of drug-likeness (QED) is 0.679. The van der Waals surface area contributed by atoms with E-state index >= 15 is 0 Å². The topological polar surface area (TPSA) is 87.7 Å². The Hall–Kier alpha value is -3.00. The largest absolute Gasteiger partial charge is 0.359 e. The molecule has 7 nitrogen and oxygen atoms in total. The van der Waals surface area contributed by atoms with Crippen LogP contribution in [0.15, 0.2) is 49.1 Å². The van der Waals surface area contributed by atoms with Crippen molar-refractivity contribution in [1.29, 1.82) is 0 Å². The summed E-state index contributed by atoms with van der Waals surface area (Å²) in [5.74, 6) is -2.90. The van der Waals surface area contributed by atoms with Crippen molar-refractivity contribution in [3.63, 3.8) is 0 Å². The highest BCUT2D eigenvalue weighted by Gasteiger charge is 2.75. The Bertz CT molecular complexity index is 946. The molecule has 158 valence electrons.